The Labute approximate surface area is 271 Å². The maximum absolute atomic E-state index is 13.6. The Morgan fingerprint density at radius 2 is 1.71 bits per heavy atom. The standard InChI is InChI=1S/C34H33Cl2FN8/c1-34(2,3)44-14-12-27(13-15-44)45-20-30(42-43-45)32(21-4-6-23(35)7-5-21)41-26-16-28-31(40-25-10-8-24(37)9-11-25)22(18-38)19-39-33(28)29(36)17-26/h4-11,16-17,19-20,27,32,41H,12-15H2,1-3H3,(H,39,40)/t32-/m0/s1. The van der Waals surface area contributed by atoms with Crippen LogP contribution in [0.2, 0.25) is 10.0 Å². The Morgan fingerprint density at radius 3 is 2.38 bits per heavy atom. The summed E-state index contributed by atoms with van der Waals surface area (Å²) in [5.41, 5.74) is 4.53. The van der Waals surface area contributed by atoms with Gasteiger partial charge in [0, 0.05) is 46.6 Å². The number of likely N-dealkylation sites (tertiary alicyclic amines) is 1. The molecular weight excluding hydrogens is 610 g/mol. The minimum absolute atomic E-state index is 0.140. The second-order valence-corrected chi connectivity index (χ2v) is 13.1. The van der Waals surface area contributed by atoms with Gasteiger partial charge in [0.1, 0.15) is 17.6 Å². The van der Waals surface area contributed by atoms with Gasteiger partial charge < -0.3 is 10.6 Å². The van der Waals surface area contributed by atoms with Crippen LogP contribution in [0.3, 0.4) is 0 Å². The number of hydrogen-bond donors (Lipinski definition) is 2. The fourth-order valence-electron chi connectivity index (χ4n) is 5.79. The van der Waals surface area contributed by atoms with Gasteiger partial charge in [-0.1, -0.05) is 40.5 Å². The van der Waals surface area contributed by atoms with E-state index in [2.05, 4.69) is 57.7 Å². The number of halogens is 3. The molecule has 0 aliphatic carbocycles. The first-order valence-electron chi connectivity index (χ1n) is 14.8. The van der Waals surface area contributed by atoms with Crippen LogP contribution in [-0.4, -0.2) is 43.5 Å². The lowest BCUT2D eigenvalue weighted by Crippen LogP contribution is -2.46. The zero-order chi connectivity index (χ0) is 31.7. The van der Waals surface area contributed by atoms with Crippen molar-refractivity contribution in [3.8, 4) is 6.07 Å². The molecule has 1 aliphatic heterocycles. The summed E-state index contributed by atoms with van der Waals surface area (Å²) >= 11 is 13.0. The van der Waals surface area contributed by atoms with Crippen LogP contribution in [-0.2, 0) is 0 Å². The predicted octanol–water partition coefficient (Wildman–Crippen LogP) is 8.52. The molecule has 1 fully saturated rings. The molecule has 0 saturated carbocycles. The van der Waals surface area contributed by atoms with Gasteiger partial charge in [0.15, 0.2) is 0 Å². The normalized spacial score (nSPS) is 15.1. The van der Waals surface area contributed by atoms with Crippen LogP contribution < -0.4 is 10.6 Å². The molecule has 0 bridgehead atoms. The topological polar surface area (TPSA) is 94.7 Å². The third-order valence-electron chi connectivity index (χ3n) is 8.28. The second-order valence-electron chi connectivity index (χ2n) is 12.3. The number of hydrogen-bond acceptors (Lipinski definition) is 7. The quantitative estimate of drug-likeness (QED) is 0.184. The van der Waals surface area contributed by atoms with Crippen molar-refractivity contribution < 1.29 is 4.39 Å². The molecule has 2 N–H and O–H groups in total. The fraction of sp³-hybridized carbons (Fsp3) is 0.294. The van der Waals surface area contributed by atoms with Gasteiger partial charge in [-0.05, 0) is 87.7 Å². The molecule has 0 amide bonds. The number of benzene rings is 3. The van der Waals surface area contributed by atoms with Crippen molar-refractivity contribution in [2.75, 3.05) is 23.7 Å². The van der Waals surface area contributed by atoms with Crippen LogP contribution in [0.1, 0.15) is 62.5 Å². The molecule has 0 spiro atoms. The van der Waals surface area contributed by atoms with Crippen LogP contribution in [0.15, 0.2) is 73.1 Å². The lowest BCUT2D eigenvalue weighted by molar-refractivity contribution is 0.0866. The highest BCUT2D eigenvalue weighted by molar-refractivity contribution is 6.36. The summed E-state index contributed by atoms with van der Waals surface area (Å²) in [6, 6.07) is 19.3. The first-order valence-corrected chi connectivity index (χ1v) is 15.6. The molecule has 5 aromatic rings. The molecule has 0 radical (unpaired) electrons. The number of rotatable bonds is 7. The molecule has 1 aliphatic rings. The lowest BCUT2D eigenvalue weighted by Gasteiger charge is -2.40. The third-order valence-corrected chi connectivity index (χ3v) is 8.82. The number of aromatic nitrogens is 4. The van der Waals surface area contributed by atoms with E-state index in [1.54, 1.807) is 18.2 Å². The van der Waals surface area contributed by atoms with Gasteiger partial charge in [-0.2, -0.15) is 5.26 Å². The summed E-state index contributed by atoms with van der Waals surface area (Å²) in [5.74, 6) is -0.351. The maximum atomic E-state index is 13.6. The number of pyridine rings is 1. The molecule has 0 unspecified atom stereocenters. The first-order chi connectivity index (χ1) is 21.6. The summed E-state index contributed by atoms with van der Waals surface area (Å²) in [7, 11) is 0. The fourth-order valence-corrected chi connectivity index (χ4v) is 6.19. The first kappa shape index (κ1) is 30.8. The van der Waals surface area contributed by atoms with Crippen LogP contribution in [0.4, 0.5) is 21.5 Å². The Morgan fingerprint density at radius 1 is 1.00 bits per heavy atom. The van der Waals surface area contributed by atoms with Crippen LogP contribution in [0.25, 0.3) is 10.9 Å². The molecule has 2 aromatic heterocycles. The molecule has 6 rings (SSSR count). The minimum atomic E-state index is -0.375. The van der Waals surface area contributed by atoms with Crippen molar-refractivity contribution >= 4 is 51.2 Å². The van der Waals surface area contributed by atoms with Crippen LogP contribution in [0.5, 0.6) is 0 Å². The summed E-state index contributed by atoms with van der Waals surface area (Å²) in [6.07, 6.45) is 5.49. The Balaban J connectivity index is 1.35. The van der Waals surface area contributed by atoms with Crippen molar-refractivity contribution in [2.24, 2.45) is 0 Å². The van der Waals surface area contributed by atoms with E-state index in [1.165, 1.54) is 18.3 Å². The number of nitrogens with zero attached hydrogens (tertiary/aromatic N) is 6. The van der Waals surface area contributed by atoms with Crippen molar-refractivity contribution in [1.82, 2.24) is 24.9 Å². The Bertz CT molecular complexity index is 1850. The number of piperidine rings is 1. The third kappa shape index (κ3) is 6.74. The van der Waals surface area contributed by atoms with Crippen LogP contribution in [0, 0.1) is 17.1 Å². The monoisotopic (exact) mass is 642 g/mol. The molecular formula is C34H33Cl2FN8. The minimum Gasteiger partial charge on any atom is -0.373 e. The maximum Gasteiger partial charge on any atom is 0.123 e. The molecule has 3 aromatic carbocycles. The van der Waals surface area contributed by atoms with Gasteiger partial charge in [-0.15, -0.1) is 5.10 Å². The van der Waals surface area contributed by atoms with Crippen molar-refractivity contribution in [1.29, 1.82) is 5.26 Å². The number of nitriles is 1. The van der Waals surface area contributed by atoms with Crippen molar-refractivity contribution in [2.45, 2.75) is 51.2 Å². The van der Waals surface area contributed by atoms with Gasteiger partial charge in [0.05, 0.1) is 40.1 Å². The van der Waals surface area contributed by atoms with Crippen LogP contribution >= 0.6 is 23.2 Å². The average molecular weight is 644 g/mol. The number of nitrogens with one attached hydrogen (secondary N) is 2. The average Bonchev–Trinajstić information content (AvgIpc) is 3.51. The lowest BCUT2D eigenvalue weighted by atomic mass is 9.98. The SMILES string of the molecule is CC(C)(C)N1CCC(n2cc([C@@H](Nc3cc(Cl)c4ncc(C#N)c(Nc5ccc(F)cc5)c4c3)c3ccc(Cl)cc3)nn2)CC1. The zero-order valence-electron chi connectivity index (χ0n) is 25.2. The van der Waals surface area contributed by atoms with E-state index in [0.717, 1.165) is 37.2 Å². The summed E-state index contributed by atoms with van der Waals surface area (Å²) in [4.78, 5) is 6.97. The van der Waals surface area contributed by atoms with E-state index in [1.807, 2.05) is 41.2 Å². The summed E-state index contributed by atoms with van der Waals surface area (Å²) in [5, 5.41) is 27.6. The highest BCUT2D eigenvalue weighted by Crippen LogP contribution is 2.37. The molecule has 8 nitrogen and oxygen atoms in total. The Kier molecular flexibility index (Phi) is 8.65. The largest absolute Gasteiger partial charge is 0.373 e. The van der Waals surface area contributed by atoms with Crippen molar-refractivity contribution in [3.05, 3.63) is 106 Å². The van der Waals surface area contributed by atoms with Gasteiger partial charge in [-0.3, -0.25) is 9.88 Å². The van der Waals surface area contributed by atoms with E-state index in [4.69, 9.17) is 23.2 Å². The highest BCUT2D eigenvalue weighted by Gasteiger charge is 2.29. The van der Waals surface area contributed by atoms with Gasteiger partial charge in [0.2, 0.25) is 0 Å². The van der Waals surface area contributed by atoms with E-state index < -0.39 is 0 Å². The van der Waals surface area contributed by atoms with Gasteiger partial charge in [0.25, 0.3) is 0 Å². The zero-order valence-corrected chi connectivity index (χ0v) is 26.7. The van der Waals surface area contributed by atoms with Gasteiger partial charge >= 0.3 is 0 Å². The number of anilines is 3. The Hall–Kier alpha value is -4.23. The number of fused-ring (bicyclic) bond motifs is 1. The molecule has 45 heavy (non-hydrogen) atoms. The second kappa shape index (κ2) is 12.6. The predicted molar refractivity (Wildman–Crippen MR) is 178 cm³/mol. The summed E-state index contributed by atoms with van der Waals surface area (Å²) in [6.45, 7) is 8.76. The van der Waals surface area contributed by atoms with Gasteiger partial charge in [-0.25, -0.2) is 9.07 Å². The van der Waals surface area contributed by atoms with E-state index >= 15 is 0 Å². The summed E-state index contributed by atoms with van der Waals surface area (Å²) < 4.78 is 15.6. The molecule has 230 valence electrons. The van der Waals surface area contributed by atoms with E-state index in [9.17, 15) is 9.65 Å². The van der Waals surface area contributed by atoms with E-state index in [-0.39, 0.29) is 23.4 Å². The van der Waals surface area contributed by atoms with E-state index in [0.29, 0.717) is 43.6 Å². The molecule has 1 saturated heterocycles. The molecule has 1 atom stereocenters. The molecule has 3 heterocycles. The highest BCUT2D eigenvalue weighted by atomic mass is 35.5. The molecule has 11 heteroatoms. The van der Waals surface area contributed by atoms with Crippen molar-refractivity contribution in [3.63, 3.8) is 0 Å². The smallest absolute Gasteiger partial charge is 0.123 e.